The normalized spacial score (nSPS) is 15.0. The van der Waals surface area contributed by atoms with Crippen molar-refractivity contribution in [3.05, 3.63) is 35.1 Å². The molecule has 2 rings (SSSR count). The maximum atomic E-state index is 12.2. The van der Waals surface area contributed by atoms with E-state index in [1.54, 1.807) is 38.1 Å². The van der Waals surface area contributed by atoms with Crippen LogP contribution in [0.25, 0.3) is 11.5 Å². The lowest BCUT2D eigenvalue weighted by molar-refractivity contribution is -0.126. The average Bonchev–Trinajstić information content (AvgIpc) is 2.97. The molecule has 0 radical (unpaired) electrons. The number of benzene rings is 1. The molecule has 3 N–H and O–H groups in total. The van der Waals surface area contributed by atoms with Crippen LogP contribution in [0.5, 0.6) is 0 Å². The number of hydrogen-bond acceptors (Lipinski definition) is 5. The van der Waals surface area contributed by atoms with E-state index in [0.717, 1.165) is 12.0 Å². The molecule has 6 nitrogen and oxygen atoms in total. The number of nitrogens with two attached hydrogens (primary N) is 1. The first kappa shape index (κ1) is 17.4. The number of carbonyl (C=O) groups is 1. The number of rotatable bonds is 6. The van der Waals surface area contributed by atoms with Gasteiger partial charge in [0.15, 0.2) is 5.82 Å². The van der Waals surface area contributed by atoms with E-state index in [1.807, 2.05) is 6.92 Å². The zero-order chi connectivity index (χ0) is 17.0. The molecule has 0 spiro atoms. The first-order chi connectivity index (χ1) is 10.8. The second-order valence-corrected chi connectivity index (χ2v) is 6.26. The van der Waals surface area contributed by atoms with Gasteiger partial charge in [-0.25, -0.2) is 0 Å². The molecule has 23 heavy (non-hydrogen) atoms. The van der Waals surface area contributed by atoms with Crippen LogP contribution in [0.4, 0.5) is 0 Å². The third-order valence-corrected chi connectivity index (χ3v) is 3.81. The van der Waals surface area contributed by atoms with E-state index in [-0.39, 0.29) is 5.91 Å². The van der Waals surface area contributed by atoms with Crippen LogP contribution in [-0.2, 0) is 4.79 Å². The van der Waals surface area contributed by atoms with Crippen LogP contribution in [0.2, 0.25) is 5.02 Å². The first-order valence-electron chi connectivity index (χ1n) is 7.53. The van der Waals surface area contributed by atoms with Gasteiger partial charge in [-0.05, 0) is 44.5 Å². The Kier molecular flexibility index (Phi) is 5.38. The maximum Gasteiger partial charge on any atom is 0.257 e. The molecule has 0 aliphatic carbocycles. The monoisotopic (exact) mass is 336 g/mol. The lowest BCUT2D eigenvalue weighted by atomic mass is 9.96. The van der Waals surface area contributed by atoms with Crippen LogP contribution < -0.4 is 11.1 Å². The summed E-state index contributed by atoms with van der Waals surface area (Å²) in [5.74, 6) is 0.544. The van der Waals surface area contributed by atoms with Gasteiger partial charge < -0.3 is 15.6 Å². The first-order valence-corrected chi connectivity index (χ1v) is 7.90. The van der Waals surface area contributed by atoms with Gasteiger partial charge in [-0.1, -0.05) is 30.1 Å². The Morgan fingerprint density at radius 2 is 2.09 bits per heavy atom. The van der Waals surface area contributed by atoms with Gasteiger partial charge in [0.2, 0.25) is 5.91 Å². The number of hydrogen-bond donors (Lipinski definition) is 2. The molecule has 2 unspecified atom stereocenters. The van der Waals surface area contributed by atoms with Crippen molar-refractivity contribution in [2.24, 2.45) is 5.73 Å². The van der Waals surface area contributed by atoms with E-state index in [9.17, 15) is 4.79 Å². The molecular weight excluding hydrogens is 316 g/mol. The number of carbonyl (C=O) groups excluding carboxylic acids is 1. The molecule has 0 aliphatic heterocycles. The van der Waals surface area contributed by atoms with Gasteiger partial charge in [0.1, 0.15) is 0 Å². The summed E-state index contributed by atoms with van der Waals surface area (Å²) >= 11 is 5.85. The third-order valence-electron chi connectivity index (χ3n) is 3.56. The van der Waals surface area contributed by atoms with Gasteiger partial charge in [-0.3, -0.25) is 4.79 Å². The molecule has 1 aromatic carbocycles. The van der Waals surface area contributed by atoms with Gasteiger partial charge in [-0.15, -0.1) is 0 Å². The van der Waals surface area contributed by atoms with Crippen molar-refractivity contribution in [2.45, 2.75) is 45.2 Å². The van der Waals surface area contributed by atoms with Crippen molar-refractivity contribution in [3.8, 4) is 11.5 Å². The Morgan fingerprint density at radius 1 is 1.43 bits per heavy atom. The minimum absolute atomic E-state index is 0.232. The van der Waals surface area contributed by atoms with E-state index in [4.69, 9.17) is 21.9 Å². The predicted octanol–water partition coefficient (Wildman–Crippen LogP) is 3.08. The molecule has 2 atom stereocenters. The molecule has 0 saturated heterocycles. The summed E-state index contributed by atoms with van der Waals surface area (Å²) in [6, 6.07) is 6.68. The summed E-state index contributed by atoms with van der Waals surface area (Å²) in [5, 5.41) is 7.38. The molecule has 7 heteroatoms. The number of nitrogens with zero attached hydrogens (tertiary/aromatic N) is 2. The number of amides is 1. The molecule has 124 valence electrons. The van der Waals surface area contributed by atoms with Crippen LogP contribution >= 0.6 is 11.6 Å². The fourth-order valence-electron chi connectivity index (χ4n) is 2.18. The Morgan fingerprint density at radius 3 is 2.70 bits per heavy atom. The molecule has 2 aromatic rings. The number of nitrogens with one attached hydrogen (secondary N) is 1. The molecule has 0 aliphatic rings. The van der Waals surface area contributed by atoms with Crippen molar-refractivity contribution in [2.75, 3.05) is 0 Å². The van der Waals surface area contributed by atoms with Crippen LogP contribution in [-0.4, -0.2) is 21.6 Å². The quantitative estimate of drug-likeness (QED) is 0.845. The van der Waals surface area contributed by atoms with Crippen LogP contribution in [0.15, 0.2) is 28.8 Å². The molecule has 0 fully saturated rings. The van der Waals surface area contributed by atoms with Gasteiger partial charge in [0.25, 0.3) is 5.89 Å². The molecular formula is C16H21ClN4O2. The highest BCUT2D eigenvalue weighted by atomic mass is 35.5. The highest BCUT2D eigenvalue weighted by Gasteiger charge is 2.29. The second-order valence-electron chi connectivity index (χ2n) is 5.83. The Balaban J connectivity index is 2.08. The Bertz CT molecular complexity index is 667. The van der Waals surface area contributed by atoms with Crippen LogP contribution in [0.3, 0.4) is 0 Å². The third kappa shape index (κ3) is 4.30. The summed E-state index contributed by atoms with van der Waals surface area (Å²) in [5.41, 5.74) is 5.87. The summed E-state index contributed by atoms with van der Waals surface area (Å²) in [7, 11) is 0. The van der Waals surface area contributed by atoms with E-state index in [0.29, 0.717) is 23.2 Å². The Labute approximate surface area is 140 Å². The average molecular weight is 337 g/mol. The smallest absolute Gasteiger partial charge is 0.257 e. The van der Waals surface area contributed by atoms with Crippen molar-refractivity contribution in [1.29, 1.82) is 0 Å². The highest BCUT2D eigenvalue weighted by molar-refractivity contribution is 6.30. The SMILES string of the molecule is CCCC(C)(N)C(=O)NC(C)c1noc(-c2ccc(Cl)cc2)n1. The summed E-state index contributed by atoms with van der Waals surface area (Å²) in [4.78, 5) is 16.5. The largest absolute Gasteiger partial charge is 0.345 e. The summed E-state index contributed by atoms with van der Waals surface area (Å²) in [6.07, 6.45) is 1.44. The van der Waals surface area contributed by atoms with Crippen molar-refractivity contribution in [3.63, 3.8) is 0 Å². The molecule has 0 bridgehead atoms. The second kappa shape index (κ2) is 7.10. The van der Waals surface area contributed by atoms with Crippen LogP contribution in [0.1, 0.15) is 45.5 Å². The van der Waals surface area contributed by atoms with Gasteiger partial charge in [-0.2, -0.15) is 4.98 Å². The Hall–Kier alpha value is -1.92. The van der Waals surface area contributed by atoms with Gasteiger partial charge >= 0.3 is 0 Å². The fraction of sp³-hybridized carbons (Fsp3) is 0.438. The van der Waals surface area contributed by atoms with Crippen molar-refractivity contribution in [1.82, 2.24) is 15.5 Å². The standard InChI is InChI=1S/C16H21ClN4O2/c1-4-9-16(3,18)15(22)19-10(2)13-20-14(23-21-13)11-5-7-12(17)8-6-11/h5-8,10H,4,9,18H2,1-3H3,(H,19,22). The summed E-state index contributed by atoms with van der Waals surface area (Å²) < 4.78 is 5.24. The number of halogens is 1. The zero-order valence-electron chi connectivity index (χ0n) is 13.5. The summed E-state index contributed by atoms with van der Waals surface area (Å²) in [6.45, 7) is 5.49. The predicted molar refractivity (Wildman–Crippen MR) is 88.8 cm³/mol. The highest BCUT2D eigenvalue weighted by Crippen LogP contribution is 2.21. The van der Waals surface area contributed by atoms with Gasteiger partial charge in [0, 0.05) is 10.6 Å². The lowest BCUT2D eigenvalue weighted by Gasteiger charge is -2.24. The minimum atomic E-state index is -0.911. The van der Waals surface area contributed by atoms with Crippen molar-refractivity contribution < 1.29 is 9.32 Å². The van der Waals surface area contributed by atoms with E-state index in [1.165, 1.54) is 0 Å². The number of aromatic nitrogens is 2. The lowest BCUT2D eigenvalue weighted by Crippen LogP contribution is -2.52. The topological polar surface area (TPSA) is 94.0 Å². The van der Waals surface area contributed by atoms with E-state index in [2.05, 4.69) is 15.5 Å². The van der Waals surface area contributed by atoms with Crippen molar-refractivity contribution >= 4 is 17.5 Å². The minimum Gasteiger partial charge on any atom is -0.345 e. The van der Waals surface area contributed by atoms with E-state index >= 15 is 0 Å². The van der Waals surface area contributed by atoms with Crippen LogP contribution in [0, 0.1) is 0 Å². The molecule has 1 amide bonds. The zero-order valence-corrected chi connectivity index (χ0v) is 14.2. The molecule has 1 aromatic heterocycles. The maximum absolute atomic E-state index is 12.2. The fourth-order valence-corrected chi connectivity index (χ4v) is 2.31. The van der Waals surface area contributed by atoms with Gasteiger partial charge in [0.05, 0.1) is 11.6 Å². The molecule has 1 heterocycles. The van der Waals surface area contributed by atoms with E-state index < -0.39 is 11.6 Å². The molecule has 0 saturated carbocycles.